The second kappa shape index (κ2) is 9.22. The minimum absolute atomic E-state index is 0.00909. The molecule has 0 spiro atoms. The van der Waals surface area contributed by atoms with E-state index in [0.29, 0.717) is 17.5 Å². The Labute approximate surface area is 153 Å². The first-order chi connectivity index (χ1) is 11.9. The molecule has 2 rings (SSSR count). The highest BCUT2D eigenvalue weighted by molar-refractivity contribution is 8.01. The second-order valence-electron chi connectivity index (χ2n) is 6.93. The molecule has 6 heteroatoms. The van der Waals surface area contributed by atoms with Crippen molar-refractivity contribution in [1.29, 1.82) is 0 Å². The molecule has 0 heterocycles. The van der Waals surface area contributed by atoms with E-state index in [-0.39, 0.29) is 34.7 Å². The first-order valence-electron chi connectivity index (χ1n) is 8.84. The Morgan fingerprint density at radius 1 is 1.20 bits per heavy atom. The fourth-order valence-electron chi connectivity index (χ4n) is 3.25. The molecule has 1 aromatic carbocycles. The van der Waals surface area contributed by atoms with Crippen molar-refractivity contribution in [3.05, 3.63) is 30.1 Å². The van der Waals surface area contributed by atoms with Crippen LogP contribution in [0.1, 0.15) is 40.0 Å². The van der Waals surface area contributed by atoms with Gasteiger partial charge in [0.05, 0.1) is 11.0 Å². The van der Waals surface area contributed by atoms with Crippen molar-refractivity contribution in [2.75, 3.05) is 11.1 Å². The van der Waals surface area contributed by atoms with Gasteiger partial charge in [0.15, 0.2) is 0 Å². The molecule has 2 amide bonds. The van der Waals surface area contributed by atoms with Gasteiger partial charge in [-0.15, -0.1) is 11.8 Å². The number of amides is 2. The van der Waals surface area contributed by atoms with E-state index in [1.165, 1.54) is 42.4 Å². The SMILES string of the molecule is CC(SCC(=O)Nc1ccc(F)cc1)C(=O)NC1C(C)CCCC1C. The van der Waals surface area contributed by atoms with Gasteiger partial charge >= 0.3 is 0 Å². The molecule has 0 bridgehead atoms. The van der Waals surface area contributed by atoms with E-state index in [1.54, 1.807) is 0 Å². The van der Waals surface area contributed by atoms with Crippen molar-refractivity contribution < 1.29 is 14.0 Å². The zero-order valence-corrected chi connectivity index (χ0v) is 15.9. The van der Waals surface area contributed by atoms with Crippen LogP contribution < -0.4 is 10.6 Å². The molecule has 1 aromatic rings. The number of nitrogens with one attached hydrogen (secondary N) is 2. The maximum absolute atomic E-state index is 12.9. The Balaban J connectivity index is 1.76. The molecule has 1 saturated carbocycles. The molecule has 3 atom stereocenters. The van der Waals surface area contributed by atoms with E-state index in [2.05, 4.69) is 24.5 Å². The van der Waals surface area contributed by atoms with Crippen molar-refractivity contribution in [1.82, 2.24) is 5.32 Å². The van der Waals surface area contributed by atoms with Crippen LogP contribution in [0.25, 0.3) is 0 Å². The highest BCUT2D eigenvalue weighted by atomic mass is 32.2. The summed E-state index contributed by atoms with van der Waals surface area (Å²) in [5, 5.41) is 5.57. The third-order valence-electron chi connectivity index (χ3n) is 4.82. The standard InChI is InChI=1S/C19H27FN2O2S/c1-12-5-4-6-13(2)18(12)22-19(24)14(3)25-11-17(23)21-16-9-7-15(20)8-10-16/h7-10,12-14,18H,4-6,11H2,1-3H3,(H,21,23)(H,22,24). The van der Waals surface area contributed by atoms with E-state index in [9.17, 15) is 14.0 Å². The molecule has 0 aliphatic heterocycles. The highest BCUT2D eigenvalue weighted by Crippen LogP contribution is 2.29. The zero-order chi connectivity index (χ0) is 18.4. The van der Waals surface area contributed by atoms with Crippen molar-refractivity contribution >= 4 is 29.3 Å². The fourth-order valence-corrected chi connectivity index (χ4v) is 3.95. The molecule has 25 heavy (non-hydrogen) atoms. The molecule has 2 N–H and O–H groups in total. The molecule has 0 aromatic heterocycles. The normalized spacial score (nSPS) is 24.4. The van der Waals surface area contributed by atoms with Crippen LogP contribution >= 0.6 is 11.8 Å². The summed E-state index contributed by atoms with van der Waals surface area (Å²) >= 11 is 1.31. The maximum Gasteiger partial charge on any atom is 0.234 e. The van der Waals surface area contributed by atoms with Crippen LogP contribution in [0, 0.1) is 17.7 Å². The van der Waals surface area contributed by atoms with Crippen molar-refractivity contribution in [3.8, 4) is 0 Å². The van der Waals surface area contributed by atoms with Gasteiger partial charge in [0, 0.05) is 11.7 Å². The van der Waals surface area contributed by atoms with Crippen LogP contribution in [-0.2, 0) is 9.59 Å². The smallest absolute Gasteiger partial charge is 0.234 e. The molecule has 138 valence electrons. The van der Waals surface area contributed by atoms with Gasteiger partial charge in [0.2, 0.25) is 11.8 Å². The molecule has 4 nitrogen and oxygen atoms in total. The third-order valence-corrected chi connectivity index (χ3v) is 5.96. The van der Waals surface area contributed by atoms with E-state index < -0.39 is 0 Å². The number of carbonyl (C=O) groups excluding carboxylic acids is 2. The lowest BCUT2D eigenvalue weighted by Crippen LogP contribution is -2.48. The Bertz CT molecular complexity index is 584. The van der Waals surface area contributed by atoms with Gasteiger partial charge in [-0.3, -0.25) is 9.59 Å². The number of benzene rings is 1. The Hall–Kier alpha value is -1.56. The summed E-state index contributed by atoms with van der Waals surface area (Å²) in [4.78, 5) is 24.4. The quantitative estimate of drug-likeness (QED) is 0.804. The zero-order valence-electron chi connectivity index (χ0n) is 15.0. The third kappa shape index (κ3) is 6.03. The monoisotopic (exact) mass is 366 g/mol. The number of anilines is 1. The van der Waals surface area contributed by atoms with E-state index in [1.807, 2.05) is 6.92 Å². The number of halogens is 1. The second-order valence-corrected chi connectivity index (χ2v) is 8.26. The van der Waals surface area contributed by atoms with Gasteiger partial charge in [0.25, 0.3) is 0 Å². The van der Waals surface area contributed by atoms with Crippen LogP contribution in [0.4, 0.5) is 10.1 Å². The molecule has 1 fully saturated rings. The molecular weight excluding hydrogens is 339 g/mol. The summed E-state index contributed by atoms with van der Waals surface area (Å²) in [6.07, 6.45) is 3.52. The van der Waals surface area contributed by atoms with Crippen molar-refractivity contribution in [3.63, 3.8) is 0 Å². The molecule has 0 saturated heterocycles. The van der Waals surface area contributed by atoms with Crippen LogP contribution in [0.15, 0.2) is 24.3 Å². The predicted octanol–water partition coefficient (Wildman–Crippen LogP) is 3.83. The minimum Gasteiger partial charge on any atom is -0.352 e. The number of hydrogen-bond donors (Lipinski definition) is 2. The van der Waals surface area contributed by atoms with Gasteiger partial charge in [-0.1, -0.05) is 20.3 Å². The van der Waals surface area contributed by atoms with Crippen LogP contribution in [0.2, 0.25) is 0 Å². The van der Waals surface area contributed by atoms with Crippen LogP contribution in [0.5, 0.6) is 0 Å². The molecule has 3 unspecified atom stereocenters. The number of carbonyl (C=O) groups is 2. The van der Waals surface area contributed by atoms with Gasteiger partial charge in [-0.25, -0.2) is 4.39 Å². The lowest BCUT2D eigenvalue weighted by atomic mass is 9.78. The van der Waals surface area contributed by atoms with Crippen LogP contribution in [0.3, 0.4) is 0 Å². The predicted molar refractivity (Wildman–Crippen MR) is 101 cm³/mol. The number of hydrogen-bond acceptors (Lipinski definition) is 3. The molecular formula is C19H27FN2O2S. The van der Waals surface area contributed by atoms with Gasteiger partial charge in [0.1, 0.15) is 5.82 Å². The van der Waals surface area contributed by atoms with E-state index in [4.69, 9.17) is 0 Å². The summed E-state index contributed by atoms with van der Waals surface area (Å²) in [6, 6.07) is 5.84. The molecule has 1 aliphatic carbocycles. The first kappa shape index (κ1) is 19.8. The average molecular weight is 367 g/mol. The van der Waals surface area contributed by atoms with Crippen molar-refractivity contribution in [2.24, 2.45) is 11.8 Å². The van der Waals surface area contributed by atoms with Crippen molar-refractivity contribution in [2.45, 2.75) is 51.3 Å². The largest absolute Gasteiger partial charge is 0.352 e. The number of rotatable bonds is 6. The molecule has 1 aliphatic rings. The van der Waals surface area contributed by atoms with E-state index in [0.717, 1.165) is 12.8 Å². The van der Waals surface area contributed by atoms with Gasteiger partial charge in [-0.2, -0.15) is 0 Å². The first-order valence-corrected chi connectivity index (χ1v) is 9.89. The Morgan fingerprint density at radius 3 is 2.40 bits per heavy atom. The summed E-state index contributed by atoms with van der Waals surface area (Å²) in [6.45, 7) is 6.20. The summed E-state index contributed by atoms with van der Waals surface area (Å²) in [5.74, 6) is 0.616. The summed E-state index contributed by atoms with van der Waals surface area (Å²) < 4.78 is 12.9. The molecule has 0 radical (unpaired) electrons. The Kier molecular flexibility index (Phi) is 7.29. The van der Waals surface area contributed by atoms with Gasteiger partial charge < -0.3 is 10.6 Å². The summed E-state index contributed by atoms with van der Waals surface area (Å²) in [5.41, 5.74) is 0.550. The topological polar surface area (TPSA) is 58.2 Å². The lowest BCUT2D eigenvalue weighted by Gasteiger charge is -2.35. The van der Waals surface area contributed by atoms with E-state index >= 15 is 0 Å². The van der Waals surface area contributed by atoms with Gasteiger partial charge in [-0.05, 0) is 55.9 Å². The highest BCUT2D eigenvalue weighted by Gasteiger charge is 2.30. The van der Waals surface area contributed by atoms with Crippen LogP contribution in [-0.4, -0.2) is 28.9 Å². The Morgan fingerprint density at radius 2 is 1.80 bits per heavy atom. The number of thioether (sulfide) groups is 1. The summed E-state index contributed by atoms with van der Waals surface area (Å²) in [7, 11) is 0. The maximum atomic E-state index is 12.9. The minimum atomic E-state index is -0.344. The lowest BCUT2D eigenvalue weighted by molar-refractivity contribution is -0.122. The average Bonchev–Trinajstić information content (AvgIpc) is 2.58. The fraction of sp³-hybridized carbons (Fsp3) is 0.579.